The Kier molecular flexibility index (Phi) is 2.13. The molecule has 0 atom stereocenters. The maximum absolute atomic E-state index is 10.8. The molecule has 0 saturated heterocycles. The van der Waals surface area contributed by atoms with Gasteiger partial charge in [0.2, 0.25) is 11.3 Å². The molecule has 0 saturated carbocycles. The Morgan fingerprint density at radius 3 is 2.60 bits per heavy atom. The lowest BCUT2D eigenvalue weighted by atomic mass is 10.2. The summed E-state index contributed by atoms with van der Waals surface area (Å²) in [5.41, 5.74) is 0.408. The van der Waals surface area contributed by atoms with E-state index in [9.17, 15) is 9.59 Å². The fourth-order valence-electron chi connectivity index (χ4n) is 1.17. The highest BCUT2D eigenvalue weighted by molar-refractivity contribution is 5.85. The SMILES string of the molecule is O=C(O)c1ccc(-c2ccc(=O)[nH]c2)o1. The standard InChI is InChI=1S/C10H7NO4/c12-9-4-1-6(5-11-9)7-2-3-8(15-7)10(13)14/h1-5H,(H,11,12)(H,13,14). The number of pyridine rings is 1. The van der Waals surface area contributed by atoms with Crippen molar-refractivity contribution in [1.82, 2.24) is 4.98 Å². The molecule has 76 valence electrons. The Labute approximate surface area is 84.0 Å². The second-order valence-electron chi connectivity index (χ2n) is 2.91. The number of aromatic amines is 1. The van der Waals surface area contributed by atoms with Crippen LogP contribution in [-0.2, 0) is 0 Å². The van der Waals surface area contributed by atoms with Gasteiger partial charge in [-0.1, -0.05) is 0 Å². The molecule has 0 bridgehead atoms. The lowest BCUT2D eigenvalue weighted by Crippen LogP contribution is -2.01. The van der Waals surface area contributed by atoms with Crippen LogP contribution < -0.4 is 5.56 Å². The van der Waals surface area contributed by atoms with Crippen molar-refractivity contribution in [3.8, 4) is 11.3 Å². The van der Waals surface area contributed by atoms with Crippen molar-refractivity contribution in [2.75, 3.05) is 0 Å². The third kappa shape index (κ3) is 1.80. The van der Waals surface area contributed by atoms with Crippen LogP contribution in [0.25, 0.3) is 11.3 Å². The maximum Gasteiger partial charge on any atom is 0.371 e. The first kappa shape index (κ1) is 9.26. The molecule has 15 heavy (non-hydrogen) atoms. The minimum Gasteiger partial charge on any atom is -0.475 e. The van der Waals surface area contributed by atoms with E-state index in [4.69, 9.17) is 9.52 Å². The Morgan fingerprint density at radius 2 is 2.07 bits per heavy atom. The second-order valence-corrected chi connectivity index (χ2v) is 2.91. The molecule has 2 heterocycles. The highest BCUT2D eigenvalue weighted by atomic mass is 16.4. The number of hydrogen-bond acceptors (Lipinski definition) is 3. The van der Waals surface area contributed by atoms with Gasteiger partial charge in [0.25, 0.3) is 0 Å². The molecule has 0 unspecified atom stereocenters. The molecule has 5 heteroatoms. The molecule has 0 aliphatic carbocycles. The van der Waals surface area contributed by atoms with Crippen molar-refractivity contribution < 1.29 is 14.3 Å². The first-order chi connectivity index (χ1) is 7.16. The Bertz CT molecular complexity index is 532. The molecular formula is C10H7NO4. The smallest absolute Gasteiger partial charge is 0.371 e. The summed E-state index contributed by atoms with van der Waals surface area (Å²) in [4.78, 5) is 23.8. The topological polar surface area (TPSA) is 83.3 Å². The number of aromatic carboxylic acids is 1. The molecule has 2 N–H and O–H groups in total. The van der Waals surface area contributed by atoms with Gasteiger partial charge in [0.15, 0.2) is 0 Å². The number of H-pyrrole nitrogens is 1. The molecule has 2 rings (SSSR count). The van der Waals surface area contributed by atoms with Gasteiger partial charge >= 0.3 is 5.97 Å². The van der Waals surface area contributed by atoms with Gasteiger partial charge in [0.1, 0.15) is 5.76 Å². The van der Waals surface area contributed by atoms with E-state index in [1.807, 2.05) is 0 Å². The summed E-state index contributed by atoms with van der Waals surface area (Å²) in [7, 11) is 0. The number of hydrogen-bond donors (Lipinski definition) is 2. The molecule has 0 aliphatic heterocycles. The van der Waals surface area contributed by atoms with Crippen LogP contribution in [0.5, 0.6) is 0 Å². The first-order valence-corrected chi connectivity index (χ1v) is 4.19. The molecule has 0 aliphatic rings. The van der Waals surface area contributed by atoms with Gasteiger partial charge in [0, 0.05) is 17.8 Å². The predicted octanol–water partition coefficient (Wildman–Crippen LogP) is 1.33. The third-order valence-corrected chi connectivity index (χ3v) is 1.89. The lowest BCUT2D eigenvalue weighted by molar-refractivity contribution is 0.0663. The molecule has 0 aromatic carbocycles. The highest BCUT2D eigenvalue weighted by Crippen LogP contribution is 2.20. The van der Waals surface area contributed by atoms with Crippen LogP contribution in [0.1, 0.15) is 10.6 Å². The fraction of sp³-hybridized carbons (Fsp3) is 0. The van der Waals surface area contributed by atoms with E-state index in [2.05, 4.69) is 4.98 Å². The third-order valence-electron chi connectivity index (χ3n) is 1.89. The summed E-state index contributed by atoms with van der Waals surface area (Å²) < 4.78 is 5.05. The summed E-state index contributed by atoms with van der Waals surface area (Å²) in [6.07, 6.45) is 1.47. The summed E-state index contributed by atoms with van der Waals surface area (Å²) >= 11 is 0. The van der Waals surface area contributed by atoms with E-state index in [1.165, 1.54) is 24.4 Å². The zero-order chi connectivity index (χ0) is 10.8. The number of carbonyl (C=O) groups is 1. The summed E-state index contributed by atoms with van der Waals surface area (Å²) in [6.45, 7) is 0. The number of nitrogens with one attached hydrogen (secondary N) is 1. The molecule has 0 radical (unpaired) electrons. The van der Waals surface area contributed by atoms with Crippen LogP contribution in [0.4, 0.5) is 0 Å². The summed E-state index contributed by atoms with van der Waals surface area (Å²) in [5.74, 6) is -0.842. The number of aromatic nitrogens is 1. The van der Waals surface area contributed by atoms with Crippen molar-refractivity contribution in [2.24, 2.45) is 0 Å². The van der Waals surface area contributed by atoms with E-state index >= 15 is 0 Å². The van der Waals surface area contributed by atoms with Crippen LogP contribution in [0.2, 0.25) is 0 Å². The van der Waals surface area contributed by atoms with Crippen molar-refractivity contribution in [3.63, 3.8) is 0 Å². The minimum absolute atomic E-state index is 0.129. The van der Waals surface area contributed by atoms with Crippen molar-refractivity contribution in [1.29, 1.82) is 0 Å². The Hall–Kier alpha value is -2.30. The molecule has 5 nitrogen and oxygen atoms in total. The van der Waals surface area contributed by atoms with Crippen LogP contribution in [0.15, 0.2) is 39.7 Å². The predicted molar refractivity (Wildman–Crippen MR) is 51.7 cm³/mol. The lowest BCUT2D eigenvalue weighted by Gasteiger charge is -1.94. The fourth-order valence-corrected chi connectivity index (χ4v) is 1.17. The largest absolute Gasteiger partial charge is 0.475 e. The number of carboxylic acid groups (broad SMARTS) is 1. The monoisotopic (exact) mass is 205 g/mol. The van der Waals surface area contributed by atoms with E-state index in [0.29, 0.717) is 11.3 Å². The Balaban J connectivity index is 2.41. The molecular weight excluding hydrogens is 198 g/mol. The highest BCUT2D eigenvalue weighted by Gasteiger charge is 2.09. The molecule has 2 aromatic rings. The zero-order valence-electron chi connectivity index (χ0n) is 7.56. The van der Waals surface area contributed by atoms with Gasteiger partial charge in [0.05, 0.1) is 0 Å². The van der Waals surface area contributed by atoms with E-state index in [0.717, 1.165) is 0 Å². The summed E-state index contributed by atoms with van der Waals surface area (Å²) in [5, 5.41) is 8.64. The van der Waals surface area contributed by atoms with Crippen LogP contribution in [-0.4, -0.2) is 16.1 Å². The molecule has 0 amide bonds. The molecule has 0 spiro atoms. The van der Waals surface area contributed by atoms with Crippen molar-refractivity contribution in [2.45, 2.75) is 0 Å². The normalized spacial score (nSPS) is 10.1. The van der Waals surface area contributed by atoms with Crippen molar-refractivity contribution in [3.05, 3.63) is 46.6 Å². The molecule has 2 aromatic heterocycles. The molecule has 0 fully saturated rings. The van der Waals surface area contributed by atoms with Crippen LogP contribution >= 0.6 is 0 Å². The van der Waals surface area contributed by atoms with Gasteiger partial charge in [-0.2, -0.15) is 0 Å². The van der Waals surface area contributed by atoms with Crippen LogP contribution in [0.3, 0.4) is 0 Å². The number of carboxylic acids is 1. The number of rotatable bonds is 2. The van der Waals surface area contributed by atoms with Gasteiger partial charge in [-0.3, -0.25) is 4.79 Å². The minimum atomic E-state index is -1.12. The average molecular weight is 205 g/mol. The Morgan fingerprint density at radius 1 is 1.27 bits per heavy atom. The quantitative estimate of drug-likeness (QED) is 0.774. The first-order valence-electron chi connectivity index (χ1n) is 4.19. The van der Waals surface area contributed by atoms with Gasteiger partial charge in [-0.05, 0) is 18.2 Å². The second kappa shape index (κ2) is 3.45. The average Bonchev–Trinajstić information content (AvgIpc) is 2.68. The zero-order valence-corrected chi connectivity index (χ0v) is 7.56. The van der Waals surface area contributed by atoms with E-state index in [1.54, 1.807) is 6.07 Å². The van der Waals surface area contributed by atoms with Crippen molar-refractivity contribution >= 4 is 5.97 Å². The van der Waals surface area contributed by atoms with E-state index in [-0.39, 0.29) is 11.3 Å². The number of furan rings is 1. The van der Waals surface area contributed by atoms with Gasteiger partial charge in [-0.25, -0.2) is 4.79 Å². The maximum atomic E-state index is 10.8. The summed E-state index contributed by atoms with van der Waals surface area (Å²) in [6, 6.07) is 5.81. The van der Waals surface area contributed by atoms with Crippen LogP contribution in [0, 0.1) is 0 Å². The van der Waals surface area contributed by atoms with E-state index < -0.39 is 5.97 Å². The van der Waals surface area contributed by atoms with Gasteiger partial charge < -0.3 is 14.5 Å². The van der Waals surface area contributed by atoms with Gasteiger partial charge in [-0.15, -0.1) is 0 Å².